The van der Waals surface area contributed by atoms with Crippen molar-refractivity contribution in [1.82, 2.24) is 4.90 Å². The molecule has 0 unspecified atom stereocenters. The minimum absolute atomic E-state index is 0.170. The summed E-state index contributed by atoms with van der Waals surface area (Å²) in [4.78, 5) is 13.1. The zero-order valence-corrected chi connectivity index (χ0v) is 11.0. The van der Waals surface area contributed by atoms with E-state index < -0.39 is 17.3 Å². The van der Waals surface area contributed by atoms with Crippen LogP contribution in [0.25, 0.3) is 0 Å². The molecule has 1 rings (SSSR count). The molecule has 0 aliphatic rings. The highest BCUT2D eigenvalue weighted by Crippen LogP contribution is 2.21. The maximum Gasteiger partial charge on any atom is 0.253 e. The minimum atomic E-state index is -1.45. The molecule has 0 heterocycles. The van der Waals surface area contributed by atoms with Crippen LogP contribution in [0, 0.1) is 5.82 Å². The largest absolute Gasteiger partial charge is 0.496 e. The molecule has 1 N–H and O–H groups in total. The summed E-state index contributed by atoms with van der Waals surface area (Å²) in [7, 11) is 3.03. The van der Waals surface area contributed by atoms with Gasteiger partial charge in [-0.2, -0.15) is 0 Å². The van der Waals surface area contributed by atoms with Gasteiger partial charge in [0.05, 0.1) is 7.11 Å². The van der Waals surface area contributed by atoms with E-state index in [9.17, 15) is 14.3 Å². The van der Waals surface area contributed by atoms with Gasteiger partial charge in [0, 0.05) is 19.2 Å². The standard InChI is InChI=1S/C13H18FNO3/c1-13(2,17)12(16)15(3)8-9-7-10(14)5-6-11(9)18-4/h5-7,17H,8H2,1-4H3. The number of amides is 1. The van der Waals surface area contributed by atoms with E-state index >= 15 is 0 Å². The third kappa shape index (κ3) is 3.43. The summed E-state index contributed by atoms with van der Waals surface area (Å²) in [5.41, 5.74) is -0.896. The number of hydrogen-bond acceptors (Lipinski definition) is 3. The maximum absolute atomic E-state index is 13.2. The van der Waals surface area contributed by atoms with Gasteiger partial charge in [0.15, 0.2) is 0 Å². The summed E-state index contributed by atoms with van der Waals surface area (Å²) in [5.74, 6) is -0.324. The molecule has 0 aromatic heterocycles. The van der Waals surface area contributed by atoms with Crippen molar-refractivity contribution in [3.05, 3.63) is 29.6 Å². The van der Waals surface area contributed by atoms with Gasteiger partial charge in [-0.3, -0.25) is 4.79 Å². The number of rotatable bonds is 4. The first kappa shape index (κ1) is 14.4. The lowest BCUT2D eigenvalue weighted by Gasteiger charge is -2.25. The Morgan fingerprint density at radius 1 is 1.50 bits per heavy atom. The fraction of sp³-hybridized carbons (Fsp3) is 0.462. The lowest BCUT2D eigenvalue weighted by Crippen LogP contribution is -2.42. The van der Waals surface area contributed by atoms with Gasteiger partial charge < -0.3 is 14.7 Å². The Bertz CT molecular complexity index is 440. The molecule has 1 amide bonds. The van der Waals surface area contributed by atoms with E-state index in [4.69, 9.17) is 4.74 Å². The maximum atomic E-state index is 13.2. The van der Waals surface area contributed by atoms with Crippen LogP contribution < -0.4 is 4.74 Å². The second kappa shape index (κ2) is 5.35. The number of nitrogens with zero attached hydrogens (tertiary/aromatic N) is 1. The number of ether oxygens (including phenoxy) is 1. The molecule has 0 saturated heterocycles. The number of hydrogen-bond donors (Lipinski definition) is 1. The summed E-state index contributed by atoms with van der Waals surface area (Å²) in [5, 5.41) is 9.62. The third-order valence-electron chi connectivity index (χ3n) is 2.52. The van der Waals surface area contributed by atoms with Crippen LogP contribution in [0.1, 0.15) is 19.4 Å². The number of aliphatic hydroxyl groups is 1. The van der Waals surface area contributed by atoms with E-state index in [0.717, 1.165) is 0 Å². The Labute approximate surface area is 106 Å². The third-order valence-corrected chi connectivity index (χ3v) is 2.52. The molecule has 5 heteroatoms. The molecule has 0 saturated carbocycles. The molecular formula is C13H18FNO3. The van der Waals surface area contributed by atoms with E-state index in [1.165, 1.54) is 44.1 Å². The first-order valence-corrected chi connectivity index (χ1v) is 5.56. The summed E-state index contributed by atoms with van der Waals surface area (Å²) in [6, 6.07) is 4.11. The van der Waals surface area contributed by atoms with E-state index in [-0.39, 0.29) is 6.54 Å². The molecule has 0 atom stereocenters. The van der Waals surface area contributed by atoms with Crippen LogP contribution in [0.3, 0.4) is 0 Å². The van der Waals surface area contributed by atoms with Crippen molar-refractivity contribution < 1.29 is 19.0 Å². The molecule has 100 valence electrons. The van der Waals surface area contributed by atoms with Crippen molar-refractivity contribution in [2.75, 3.05) is 14.2 Å². The average Bonchev–Trinajstić information content (AvgIpc) is 2.27. The van der Waals surface area contributed by atoms with Gasteiger partial charge >= 0.3 is 0 Å². The smallest absolute Gasteiger partial charge is 0.253 e. The summed E-state index contributed by atoms with van der Waals surface area (Å²) in [6.45, 7) is 2.99. The monoisotopic (exact) mass is 255 g/mol. The fourth-order valence-corrected chi connectivity index (χ4v) is 1.67. The highest BCUT2D eigenvalue weighted by molar-refractivity contribution is 5.83. The van der Waals surface area contributed by atoms with E-state index in [2.05, 4.69) is 0 Å². The number of halogens is 1. The molecule has 0 aliphatic carbocycles. The van der Waals surface area contributed by atoms with Crippen LogP contribution in [-0.2, 0) is 11.3 Å². The Morgan fingerprint density at radius 3 is 2.61 bits per heavy atom. The van der Waals surface area contributed by atoms with E-state index in [0.29, 0.717) is 11.3 Å². The molecule has 0 fully saturated rings. The average molecular weight is 255 g/mol. The number of methoxy groups -OCH3 is 1. The van der Waals surface area contributed by atoms with E-state index in [1.54, 1.807) is 7.05 Å². The van der Waals surface area contributed by atoms with Gasteiger partial charge in [0.1, 0.15) is 17.2 Å². The molecular weight excluding hydrogens is 237 g/mol. The van der Waals surface area contributed by atoms with Crippen LogP contribution in [-0.4, -0.2) is 35.7 Å². The second-order valence-corrected chi connectivity index (χ2v) is 4.68. The van der Waals surface area contributed by atoms with Crippen molar-refractivity contribution in [3.63, 3.8) is 0 Å². The van der Waals surface area contributed by atoms with Crippen molar-refractivity contribution >= 4 is 5.91 Å². The van der Waals surface area contributed by atoms with Crippen molar-refractivity contribution in [3.8, 4) is 5.75 Å². The number of benzene rings is 1. The first-order valence-electron chi connectivity index (χ1n) is 5.56. The Balaban J connectivity index is 2.91. The SMILES string of the molecule is COc1ccc(F)cc1CN(C)C(=O)C(C)(C)O. The zero-order chi connectivity index (χ0) is 13.9. The Hall–Kier alpha value is -1.62. The normalized spacial score (nSPS) is 11.2. The molecule has 0 bridgehead atoms. The predicted molar refractivity (Wildman–Crippen MR) is 65.7 cm³/mol. The van der Waals surface area contributed by atoms with Gasteiger partial charge in [-0.15, -0.1) is 0 Å². The topological polar surface area (TPSA) is 49.8 Å². The van der Waals surface area contributed by atoms with Gasteiger partial charge in [0.25, 0.3) is 5.91 Å². The highest BCUT2D eigenvalue weighted by atomic mass is 19.1. The number of likely N-dealkylation sites (N-methyl/N-ethyl adjacent to an activating group) is 1. The number of carbonyl (C=O) groups is 1. The summed E-state index contributed by atoms with van der Waals surface area (Å²) < 4.78 is 18.3. The van der Waals surface area contributed by atoms with Gasteiger partial charge in [0.2, 0.25) is 0 Å². The Morgan fingerprint density at radius 2 is 2.11 bits per heavy atom. The number of carbonyl (C=O) groups excluding carboxylic acids is 1. The van der Waals surface area contributed by atoms with E-state index in [1.807, 2.05) is 0 Å². The van der Waals surface area contributed by atoms with Crippen LogP contribution >= 0.6 is 0 Å². The first-order chi connectivity index (χ1) is 8.25. The summed E-state index contributed by atoms with van der Waals surface area (Å²) >= 11 is 0. The fourth-order valence-electron chi connectivity index (χ4n) is 1.67. The lowest BCUT2D eigenvalue weighted by atomic mass is 10.1. The second-order valence-electron chi connectivity index (χ2n) is 4.68. The minimum Gasteiger partial charge on any atom is -0.496 e. The van der Waals surface area contributed by atoms with Crippen LogP contribution in [0.2, 0.25) is 0 Å². The highest BCUT2D eigenvalue weighted by Gasteiger charge is 2.27. The molecule has 4 nitrogen and oxygen atoms in total. The van der Waals surface area contributed by atoms with Crippen LogP contribution in [0.4, 0.5) is 4.39 Å². The Kier molecular flexibility index (Phi) is 4.29. The van der Waals surface area contributed by atoms with Crippen molar-refractivity contribution in [1.29, 1.82) is 0 Å². The van der Waals surface area contributed by atoms with Crippen LogP contribution in [0.15, 0.2) is 18.2 Å². The predicted octanol–water partition coefficient (Wildman–Crippen LogP) is 1.56. The van der Waals surface area contributed by atoms with Crippen molar-refractivity contribution in [2.24, 2.45) is 0 Å². The molecule has 18 heavy (non-hydrogen) atoms. The van der Waals surface area contributed by atoms with Crippen LogP contribution in [0.5, 0.6) is 5.75 Å². The lowest BCUT2D eigenvalue weighted by molar-refractivity contribution is -0.147. The molecule has 0 spiro atoms. The molecule has 1 aromatic rings. The van der Waals surface area contributed by atoms with Gasteiger partial charge in [-0.1, -0.05) is 0 Å². The summed E-state index contributed by atoms with van der Waals surface area (Å²) in [6.07, 6.45) is 0. The zero-order valence-electron chi connectivity index (χ0n) is 11.0. The van der Waals surface area contributed by atoms with Gasteiger partial charge in [-0.05, 0) is 32.0 Å². The molecule has 0 aliphatic heterocycles. The molecule has 1 aromatic carbocycles. The quantitative estimate of drug-likeness (QED) is 0.888. The molecule has 0 radical (unpaired) electrons. The van der Waals surface area contributed by atoms with Crippen molar-refractivity contribution in [2.45, 2.75) is 26.0 Å². The van der Waals surface area contributed by atoms with Gasteiger partial charge in [-0.25, -0.2) is 4.39 Å².